The number of benzene rings is 1. The maximum Gasteiger partial charge on any atom is 0.417 e. The minimum absolute atomic E-state index is 0.0469. The van der Waals surface area contributed by atoms with Gasteiger partial charge in [-0.05, 0) is 18.6 Å². The Hall–Kier alpha value is -1.78. The molecule has 1 aromatic carbocycles. The standard InChI is InChI=1S/C12H13F3N2/c1-8-3-4-11(12(13,14)15)10(5-8)9(6-16)7-17-2/h3-7H,16H2,1-2H3/b9-6+,17-7?. The molecule has 0 aliphatic rings. The minimum atomic E-state index is -4.40. The van der Waals surface area contributed by atoms with Gasteiger partial charge in [-0.2, -0.15) is 13.2 Å². The van der Waals surface area contributed by atoms with E-state index in [0.29, 0.717) is 0 Å². The van der Waals surface area contributed by atoms with E-state index in [1.165, 1.54) is 25.4 Å². The number of rotatable bonds is 2. The molecule has 2 N–H and O–H groups in total. The molecule has 0 aromatic heterocycles. The molecule has 1 rings (SSSR count). The molecule has 0 aliphatic heterocycles. The first-order valence-electron chi connectivity index (χ1n) is 4.92. The molecule has 17 heavy (non-hydrogen) atoms. The quantitative estimate of drug-likeness (QED) is 0.795. The summed E-state index contributed by atoms with van der Waals surface area (Å²) in [6.45, 7) is 1.72. The smallest absolute Gasteiger partial charge is 0.404 e. The molecule has 0 atom stereocenters. The van der Waals surface area contributed by atoms with E-state index in [9.17, 15) is 13.2 Å². The lowest BCUT2D eigenvalue weighted by atomic mass is 9.98. The molecule has 92 valence electrons. The summed E-state index contributed by atoms with van der Waals surface area (Å²) in [5.41, 5.74) is 5.66. The molecule has 2 nitrogen and oxygen atoms in total. The minimum Gasteiger partial charge on any atom is -0.404 e. The summed E-state index contributed by atoms with van der Waals surface area (Å²) in [4.78, 5) is 3.70. The van der Waals surface area contributed by atoms with Crippen LogP contribution in [0, 0.1) is 6.92 Å². The average molecular weight is 242 g/mol. The van der Waals surface area contributed by atoms with Crippen molar-refractivity contribution in [2.75, 3.05) is 7.05 Å². The van der Waals surface area contributed by atoms with E-state index >= 15 is 0 Å². The number of alkyl halides is 3. The number of aryl methyl sites for hydroxylation is 1. The second-order valence-corrected chi connectivity index (χ2v) is 3.56. The van der Waals surface area contributed by atoms with Gasteiger partial charge < -0.3 is 5.73 Å². The van der Waals surface area contributed by atoms with Crippen molar-refractivity contribution in [3.63, 3.8) is 0 Å². The predicted octanol–water partition coefficient (Wildman–Crippen LogP) is 3.01. The first-order valence-corrected chi connectivity index (χ1v) is 4.92. The molecule has 0 spiro atoms. The summed E-state index contributed by atoms with van der Waals surface area (Å²) in [5.74, 6) is 0. The Balaban J connectivity index is 3.44. The van der Waals surface area contributed by atoms with Gasteiger partial charge in [-0.15, -0.1) is 0 Å². The summed E-state index contributed by atoms with van der Waals surface area (Å²) in [7, 11) is 1.48. The zero-order valence-electron chi connectivity index (χ0n) is 9.55. The lowest BCUT2D eigenvalue weighted by molar-refractivity contribution is -0.137. The van der Waals surface area contributed by atoms with Gasteiger partial charge in [0.2, 0.25) is 0 Å². The van der Waals surface area contributed by atoms with Gasteiger partial charge in [-0.3, -0.25) is 4.99 Å². The summed E-state index contributed by atoms with van der Waals surface area (Å²) in [6, 6.07) is 3.92. The maximum absolute atomic E-state index is 12.8. The molecule has 0 amide bonds. The Kier molecular flexibility index (Phi) is 3.93. The molecule has 0 aliphatic carbocycles. The second kappa shape index (κ2) is 5.03. The molecule has 0 fully saturated rings. The Morgan fingerprint density at radius 1 is 1.35 bits per heavy atom. The van der Waals surface area contributed by atoms with Gasteiger partial charge in [0, 0.05) is 25.0 Å². The molecule has 0 saturated carbocycles. The molecular formula is C12H13F3N2. The largest absolute Gasteiger partial charge is 0.417 e. The topological polar surface area (TPSA) is 38.4 Å². The van der Waals surface area contributed by atoms with Crippen molar-refractivity contribution >= 4 is 11.8 Å². The van der Waals surface area contributed by atoms with Crippen LogP contribution in [0.25, 0.3) is 5.57 Å². The zero-order chi connectivity index (χ0) is 13.1. The van der Waals surface area contributed by atoms with Crippen molar-refractivity contribution < 1.29 is 13.2 Å². The number of allylic oxidation sites excluding steroid dienone is 1. The molecular weight excluding hydrogens is 229 g/mol. The zero-order valence-corrected chi connectivity index (χ0v) is 9.55. The van der Waals surface area contributed by atoms with Gasteiger partial charge in [0.15, 0.2) is 0 Å². The van der Waals surface area contributed by atoms with Gasteiger partial charge in [0.1, 0.15) is 0 Å². The molecule has 0 bridgehead atoms. The highest BCUT2D eigenvalue weighted by atomic mass is 19.4. The number of hydrogen-bond donors (Lipinski definition) is 1. The molecule has 5 heteroatoms. The third-order valence-corrected chi connectivity index (χ3v) is 2.24. The second-order valence-electron chi connectivity index (χ2n) is 3.56. The maximum atomic E-state index is 12.8. The highest BCUT2D eigenvalue weighted by molar-refractivity contribution is 6.10. The number of hydrogen-bond acceptors (Lipinski definition) is 2. The first-order chi connectivity index (χ1) is 7.90. The number of nitrogens with two attached hydrogens (primary N) is 1. The van der Waals surface area contributed by atoms with Crippen LogP contribution in [-0.2, 0) is 6.18 Å². The summed E-state index contributed by atoms with van der Waals surface area (Å²) >= 11 is 0. The molecule has 1 aromatic rings. The fourth-order valence-electron chi connectivity index (χ4n) is 1.49. The molecule has 0 saturated heterocycles. The van der Waals surface area contributed by atoms with Crippen LogP contribution in [0.1, 0.15) is 16.7 Å². The van der Waals surface area contributed by atoms with Gasteiger partial charge in [0.25, 0.3) is 0 Å². The van der Waals surface area contributed by atoms with E-state index in [1.807, 2.05) is 0 Å². The third-order valence-electron chi connectivity index (χ3n) is 2.24. The van der Waals surface area contributed by atoms with Gasteiger partial charge in [0.05, 0.1) is 5.56 Å². The van der Waals surface area contributed by atoms with E-state index in [2.05, 4.69) is 4.99 Å². The Labute approximate surface area is 97.7 Å². The average Bonchev–Trinajstić information content (AvgIpc) is 2.24. The fraction of sp³-hybridized carbons (Fsp3) is 0.250. The first kappa shape index (κ1) is 13.3. The van der Waals surface area contributed by atoms with Crippen molar-refractivity contribution in [3.8, 4) is 0 Å². The Morgan fingerprint density at radius 3 is 2.47 bits per heavy atom. The van der Waals surface area contributed by atoms with E-state index in [-0.39, 0.29) is 11.1 Å². The molecule has 0 radical (unpaired) electrons. The van der Waals surface area contributed by atoms with Crippen molar-refractivity contribution in [3.05, 3.63) is 41.1 Å². The number of aliphatic imine (C=N–C) groups is 1. The summed E-state index contributed by atoms with van der Waals surface area (Å²) in [5, 5.41) is 0. The van der Waals surface area contributed by atoms with Gasteiger partial charge in [-0.1, -0.05) is 17.7 Å². The third kappa shape index (κ3) is 3.09. The predicted molar refractivity (Wildman–Crippen MR) is 62.8 cm³/mol. The van der Waals surface area contributed by atoms with Crippen LogP contribution in [0.3, 0.4) is 0 Å². The van der Waals surface area contributed by atoms with Gasteiger partial charge >= 0.3 is 6.18 Å². The highest BCUT2D eigenvalue weighted by Crippen LogP contribution is 2.34. The van der Waals surface area contributed by atoms with Crippen LogP contribution in [-0.4, -0.2) is 13.3 Å². The summed E-state index contributed by atoms with van der Waals surface area (Å²) in [6.07, 6.45) is -1.97. The SMILES string of the molecule is CN=C/C(=C\N)c1cc(C)ccc1C(F)(F)F. The van der Waals surface area contributed by atoms with Crippen molar-refractivity contribution in [1.29, 1.82) is 0 Å². The van der Waals surface area contributed by atoms with Gasteiger partial charge in [-0.25, -0.2) is 0 Å². The normalized spacial score (nSPS) is 13.4. The monoisotopic (exact) mass is 242 g/mol. The van der Waals surface area contributed by atoms with Crippen molar-refractivity contribution in [1.82, 2.24) is 0 Å². The molecule has 0 heterocycles. The number of halogens is 3. The fourth-order valence-corrected chi connectivity index (χ4v) is 1.49. The van der Waals surface area contributed by atoms with Crippen LogP contribution in [0.5, 0.6) is 0 Å². The number of nitrogens with zero attached hydrogens (tertiary/aromatic N) is 1. The lowest BCUT2D eigenvalue weighted by Crippen LogP contribution is -2.10. The Bertz CT molecular complexity index is 459. The van der Waals surface area contributed by atoms with Crippen molar-refractivity contribution in [2.45, 2.75) is 13.1 Å². The van der Waals surface area contributed by atoms with E-state index < -0.39 is 11.7 Å². The molecule has 0 unspecified atom stereocenters. The summed E-state index contributed by atoms with van der Waals surface area (Å²) < 4.78 is 38.4. The van der Waals surface area contributed by atoms with E-state index in [0.717, 1.165) is 17.8 Å². The lowest BCUT2D eigenvalue weighted by Gasteiger charge is -2.13. The van der Waals surface area contributed by atoms with Crippen LogP contribution in [0.4, 0.5) is 13.2 Å². The van der Waals surface area contributed by atoms with Crippen LogP contribution < -0.4 is 5.73 Å². The Morgan fingerprint density at radius 2 is 2.00 bits per heavy atom. The van der Waals surface area contributed by atoms with E-state index in [1.54, 1.807) is 6.92 Å². The van der Waals surface area contributed by atoms with Crippen LogP contribution in [0.15, 0.2) is 29.4 Å². The van der Waals surface area contributed by atoms with Crippen molar-refractivity contribution in [2.24, 2.45) is 10.7 Å². The van der Waals surface area contributed by atoms with Crippen LogP contribution >= 0.6 is 0 Å². The highest BCUT2D eigenvalue weighted by Gasteiger charge is 2.33. The van der Waals surface area contributed by atoms with E-state index in [4.69, 9.17) is 5.73 Å². The van der Waals surface area contributed by atoms with Crippen LogP contribution in [0.2, 0.25) is 0 Å².